The van der Waals surface area contributed by atoms with E-state index in [0.29, 0.717) is 11.4 Å². The Hall–Kier alpha value is -1.60. The van der Waals surface area contributed by atoms with Gasteiger partial charge in [-0.05, 0) is 30.5 Å². The quantitative estimate of drug-likeness (QED) is 0.809. The third-order valence-electron chi connectivity index (χ3n) is 3.03. The van der Waals surface area contributed by atoms with E-state index < -0.39 is 0 Å². The molecule has 1 aliphatic heterocycles. The van der Waals surface area contributed by atoms with Crippen LogP contribution in [0.5, 0.6) is 0 Å². The highest BCUT2D eigenvalue weighted by atomic mass is 15.1. The molecule has 2 N–H and O–H groups in total. The van der Waals surface area contributed by atoms with Gasteiger partial charge in [-0.25, -0.2) is 4.98 Å². The Bertz CT molecular complexity index is 433. The third-order valence-corrected chi connectivity index (χ3v) is 3.03. The first-order chi connectivity index (χ1) is 7.76. The molecule has 0 unspecified atom stereocenters. The Kier molecular flexibility index (Phi) is 3.07. The topological polar surface area (TPSA) is 65.9 Å². The molecule has 0 saturated carbocycles. The van der Waals surface area contributed by atoms with Gasteiger partial charge in [0.1, 0.15) is 11.9 Å². The summed E-state index contributed by atoms with van der Waals surface area (Å²) in [5.74, 6) is 0.366. The molecule has 84 valence electrons. The summed E-state index contributed by atoms with van der Waals surface area (Å²) in [5, 5.41) is 9.06. The summed E-state index contributed by atoms with van der Waals surface area (Å²) in [6.07, 6.45) is 3.88. The van der Waals surface area contributed by atoms with Gasteiger partial charge in [0.25, 0.3) is 0 Å². The molecule has 0 spiro atoms. The predicted molar refractivity (Wildman–Crippen MR) is 62.6 cm³/mol. The first-order valence-corrected chi connectivity index (χ1v) is 5.65. The smallest absolute Gasteiger partial charge is 0.141 e. The van der Waals surface area contributed by atoms with E-state index in [1.807, 2.05) is 6.20 Å². The molecule has 0 radical (unpaired) electrons. The standard InChI is InChI=1S/C12H16N4/c1-2-4-16-5-3-10-9(8-16)7-15-12(14)11(10)6-13/h7H,2-5,8H2,1H3,(H2,14,15). The van der Waals surface area contributed by atoms with Crippen LogP contribution in [-0.2, 0) is 13.0 Å². The van der Waals surface area contributed by atoms with Crippen LogP contribution in [0.1, 0.15) is 30.0 Å². The SMILES string of the molecule is CCCN1CCc2c(cnc(N)c2C#N)C1. The maximum absolute atomic E-state index is 9.06. The number of rotatable bonds is 2. The van der Waals surface area contributed by atoms with Crippen molar-refractivity contribution in [1.29, 1.82) is 5.26 Å². The van der Waals surface area contributed by atoms with Crippen molar-refractivity contribution < 1.29 is 0 Å². The zero-order chi connectivity index (χ0) is 11.5. The van der Waals surface area contributed by atoms with Crippen LogP contribution in [0.4, 0.5) is 5.82 Å². The van der Waals surface area contributed by atoms with E-state index in [9.17, 15) is 0 Å². The number of nitriles is 1. The van der Waals surface area contributed by atoms with Crippen LogP contribution >= 0.6 is 0 Å². The maximum Gasteiger partial charge on any atom is 0.141 e. The zero-order valence-corrected chi connectivity index (χ0v) is 9.53. The highest BCUT2D eigenvalue weighted by Gasteiger charge is 2.20. The predicted octanol–water partition coefficient (Wildman–Crippen LogP) is 1.30. The van der Waals surface area contributed by atoms with Gasteiger partial charge in [0.2, 0.25) is 0 Å². The van der Waals surface area contributed by atoms with Gasteiger partial charge >= 0.3 is 0 Å². The summed E-state index contributed by atoms with van der Waals surface area (Å²) in [6, 6.07) is 2.16. The van der Waals surface area contributed by atoms with Crippen molar-refractivity contribution in [3.63, 3.8) is 0 Å². The molecule has 0 fully saturated rings. The molecule has 1 aromatic rings. The monoisotopic (exact) mass is 216 g/mol. The van der Waals surface area contributed by atoms with Gasteiger partial charge in [-0.2, -0.15) is 5.26 Å². The van der Waals surface area contributed by atoms with Crippen molar-refractivity contribution in [3.05, 3.63) is 22.9 Å². The summed E-state index contributed by atoms with van der Waals surface area (Å²) in [5.41, 5.74) is 8.54. The molecular weight excluding hydrogens is 200 g/mol. The minimum Gasteiger partial charge on any atom is -0.383 e. The van der Waals surface area contributed by atoms with Crippen molar-refractivity contribution >= 4 is 5.82 Å². The Labute approximate surface area is 95.7 Å². The first kappa shape index (κ1) is 10.9. The molecule has 0 saturated heterocycles. The average molecular weight is 216 g/mol. The van der Waals surface area contributed by atoms with E-state index in [-0.39, 0.29) is 0 Å². The number of hydrogen-bond donors (Lipinski definition) is 1. The lowest BCUT2D eigenvalue weighted by Crippen LogP contribution is -2.32. The summed E-state index contributed by atoms with van der Waals surface area (Å²) in [4.78, 5) is 6.48. The van der Waals surface area contributed by atoms with E-state index >= 15 is 0 Å². The number of pyridine rings is 1. The fourth-order valence-electron chi connectivity index (χ4n) is 2.25. The summed E-state index contributed by atoms with van der Waals surface area (Å²) >= 11 is 0. The van der Waals surface area contributed by atoms with E-state index in [1.54, 1.807) is 0 Å². The molecule has 0 amide bonds. The summed E-state index contributed by atoms with van der Waals surface area (Å²) < 4.78 is 0. The molecule has 16 heavy (non-hydrogen) atoms. The van der Waals surface area contributed by atoms with E-state index in [2.05, 4.69) is 22.9 Å². The molecular formula is C12H16N4. The Morgan fingerprint density at radius 1 is 1.62 bits per heavy atom. The Balaban J connectivity index is 2.32. The number of aromatic nitrogens is 1. The van der Waals surface area contributed by atoms with Crippen molar-refractivity contribution in [1.82, 2.24) is 9.88 Å². The number of hydrogen-bond acceptors (Lipinski definition) is 4. The van der Waals surface area contributed by atoms with Gasteiger partial charge in [-0.3, -0.25) is 4.90 Å². The second-order valence-electron chi connectivity index (χ2n) is 4.16. The molecule has 0 aliphatic carbocycles. The second kappa shape index (κ2) is 4.50. The van der Waals surface area contributed by atoms with Crippen LogP contribution in [-0.4, -0.2) is 23.0 Å². The molecule has 0 atom stereocenters. The lowest BCUT2D eigenvalue weighted by molar-refractivity contribution is 0.254. The van der Waals surface area contributed by atoms with Gasteiger partial charge in [0, 0.05) is 19.3 Å². The van der Waals surface area contributed by atoms with E-state index in [1.165, 1.54) is 0 Å². The number of nitrogen functional groups attached to an aromatic ring is 1. The van der Waals surface area contributed by atoms with Crippen LogP contribution in [0, 0.1) is 11.3 Å². The third kappa shape index (κ3) is 1.86. The molecule has 0 aromatic carbocycles. The summed E-state index contributed by atoms with van der Waals surface area (Å²) in [7, 11) is 0. The van der Waals surface area contributed by atoms with Crippen LogP contribution in [0.2, 0.25) is 0 Å². The van der Waals surface area contributed by atoms with Gasteiger partial charge in [0.15, 0.2) is 0 Å². The van der Waals surface area contributed by atoms with Gasteiger partial charge in [-0.1, -0.05) is 6.92 Å². The fourth-order valence-corrected chi connectivity index (χ4v) is 2.25. The largest absolute Gasteiger partial charge is 0.383 e. The second-order valence-corrected chi connectivity index (χ2v) is 4.16. The highest BCUT2D eigenvalue weighted by molar-refractivity contribution is 5.55. The number of nitrogens with two attached hydrogens (primary N) is 1. The van der Waals surface area contributed by atoms with Crippen LogP contribution < -0.4 is 5.73 Å². The van der Waals surface area contributed by atoms with Gasteiger partial charge in [0.05, 0.1) is 5.56 Å². The van der Waals surface area contributed by atoms with Gasteiger partial charge in [-0.15, -0.1) is 0 Å². The molecule has 1 aromatic heterocycles. The zero-order valence-electron chi connectivity index (χ0n) is 9.53. The molecule has 4 heteroatoms. The van der Waals surface area contributed by atoms with Crippen LogP contribution in [0.3, 0.4) is 0 Å². The maximum atomic E-state index is 9.06. The van der Waals surface area contributed by atoms with Crippen LogP contribution in [0.15, 0.2) is 6.20 Å². The molecule has 2 rings (SSSR count). The van der Waals surface area contributed by atoms with Crippen molar-refractivity contribution in [2.24, 2.45) is 0 Å². The lowest BCUT2D eigenvalue weighted by Gasteiger charge is -2.28. The molecule has 4 nitrogen and oxygen atoms in total. The Morgan fingerprint density at radius 3 is 3.12 bits per heavy atom. The van der Waals surface area contributed by atoms with E-state index in [4.69, 9.17) is 11.0 Å². The Morgan fingerprint density at radius 2 is 2.44 bits per heavy atom. The minimum atomic E-state index is 0.366. The number of anilines is 1. The van der Waals surface area contributed by atoms with Gasteiger partial charge < -0.3 is 5.73 Å². The summed E-state index contributed by atoms with van der Waals surface area (Å²) in [6.45, 7) is 5.19. The van der Waals surface area contributed by atoms with E-state index in [0.717, 1.165) is 43.6 Å². The van der Waals surface area contributed by atoms with Crippen LogP contribution in [0.25, 0.3) is 0 Å². The van der Waals surface area contributed by atoms with Crippen molar-refractivity contribution in [2.45, 2.75) is 26.3 Å². The normalized spacial score (nSPS) is 15.5. The molecule has 2 heterocycles. The minimum absolute atomic E-state index is 0.366. The van der Waals surface area contributed by atoms with Crippen molar-refractivity contribution in [2.75, 3.05) is 18.8 Å². The number of fused-ring (bicyclic) bond motifs is 1. The molecule has 0 bridgehead atoms. The first-order valence-electron chi connectivity index (χ1n) is 5.65. The number of nitrogens with zero attached hydrogens (tertiary/aromatic N) is 3. The fraction of sp³-hybridized carbons (Fsp3) is 0.500. The molecule has 1 aliphatic rings. The highest BCUT2D eigenvalue weighted by Crippen LogP contribution is 2.24. The van der Waals surface area contributed by atoms with Crippen molar-refractivity contribution in [3.8, 4) is 6.07 Å². The lowest BCUT2D eigenvalue weighted by atomic mass is 9.97. The average Bonchev–Trinajstić information content (AvgIpc) is 2.30.